The summed E-state index contributed by atoms with van der Waals surface area (Å²) in [5.74, 6) is 1.23. The number of phenolic OH excluding ortho intramolecular Hbond substituents is 1. The van der Waals surface area contributed by atoms with Gasteiger partial charge in [-0.15, -0.1) is 11.6 Å². The molecule has 1 N–H and O–H groups in total. The minimum atomic E-state index is -0.596. The number of hydrogen-bond donors (Lipinski definition) is 1. The van der Waals surface area contributed by atoms with Crippen molar-refractivity contribution >= 4 is 45.9 Å². The molecule has 0 bridgehead atoms. The molecule has 8 rings (SSSR count). The lowest BCUT2D eigenvalue weighted by molar-refractivity contribution is -0.0000560. The normalized spacial score (nSPS) is 11.4. The van der Waals surface area contributed by atoms with Crippen molar-refractivity contribution in [3.63, 3.8) is 0 Å². The molecule has 66 heavy (non-hydrogen) atoms. The fraction of sp³-hybridized carbons (Fsp3) is 0.327. The largest absolute Gasteiger partial charge is 1.00 e. The first-order valence-electron chi connectivity index (χ1n) is 21.2. The zero-order valence-electron chi connectivity index (χ0n) is 38.8. The van der Waals surface area contributed by atoms with Crippen LogP contribution in [0.2, 0.25) is 0 Å². The van der Waals surface area contributed by atoms with E-state index in [1.54, 1.807) is 45.3 Å². The number of aromatic nitrogens is 9. The predicted octanol–water partition coefficient (Wildman–Crippen LogP) is 8.64. The summed E-state index contributed by atoms with van der Waals surface area (Å²) in [5.41, 5.74) is 7.47. The summed E-state index contributed by atoms with van der Waals surface area (Å²) in [6, 6.07) is 26.7. The van der Waals surface area contributed by atoms with Gasteiger partial charge in [-0.25, -0.2) is 28.7 Å². The number of nitrogens with zero attached hydrogens (tertiary/aromatic N) is 9. The molecule has 0 aliphatic heterocycles. The van der Waals surface area contributed by atoms with Crippen molar-refractivity contribution in [1.29, 1.82) is 0 Å². The topological polar surface area (TPSA) is 166 Å². The van der Waals surface area contributed by atoms with Gasteiger partial charge < -0.3 is 31.7 Å². The van der Waals surface area contributed by atoms with E-state index in [1.807, 2.05) is 84.9 Å². The molecule has 3 aromatic carbocycles. The van der Waals surface area contributed by atoms with Gasteiger partial charge in [0, 0.05) is 59.8 Å². The number of alkyl halides is 1. The third-order valence-corrected chi connectivity index (χ3v) is 9.80. The second-order valence-corrected chi connectivity index (χ2v) is 17.9. The Morgan fingerprint density at radius 2 is 1.18 bits per heavy atom. The highest BCUT2D eigenvalue weighted by molar-refractivity contribution is 6.17. The molecule has 0 amide bonds. The summed E-state index contributed by atoms with van der Waals surface area (Å²) >= 11 is 5.95. The zero-order valence-corrected chi connectivity index (χ0v) is 40.3. The number of fused-ring (bicyclic) bond motifs is 2. The molecule has 17 heteroatoms. The third-order valence-electron chi connectivity index (χ3n) is 9.51. The number of halogens is 2. The molecule has 0 aliphatic carbocycles. The lowest BCUT2D eigenvalue weighted by Crippen LogP contribution is -3.00. The van der Waals surface area contributed by atoms with Gasteiger partial charge in [0.15, 0.2) is 0 Å². The molecule has 0 fully saturated rings. The predicted molar refractivity (Wildman–Crippen MR) is 252 cm³/mol. The van der Waals surface area contributed by atoms with Crippen molar-refractivity contribution in [3.8, 4) is 34.1 Å². The zero-order chi connectivity index (χ0) is 47.1. The second kappa shape index (κ2) is 21.5. The van der Waals surface area contributed by atoms with E-state index in [9.17, 15) is 14.7 Å². The fourth-order valence-corrected chi connectivity index (χ4v) is 6.91. The molecule has 0 saturated carbocycles. The monoisotopic (exact) mass is 936 g/mol. The van der Waals surface area contributed by atoms with Gasteiger partial charge in [-0.2, -0.15) is 10.2 Å². The van der Waals surface area contributed by atoms with E-state index in [0.717, 1.165) is 28.2 Å². The van der Waals surface area contributed by atoms with E-state index in [4.69, 9.17) is 25.8 Å². The summed E-state index contributed by atoms with van der Waals surface area (Å²) < 4.78 is 23.4. The Kier molecular flexibility index (Phi) is 16.4. The van der Waals surface area contributed by atoms with Crippen molar-refractivity contribution in [2.45, 2.75) is 105 Å². The Hall–Kier alpha value is -6.71. The van der Waals surface area contributed by atoms with Crippen LogP contribution < -0.4 is 17.1 Å². The summed E-state index contributed by atoms with van der Waals surface area (Å²) in [6.45, 7) is 19.6. The van der Waals surface area contributed by atoms with Crippen LogP contribution in [0.5, 0.6) is 11.5 Å². The van der Waals surface area contributed by atoms with E-state index in [0.29, 0.717) is 46.3 Å². The van der Waals surface area contributed by atoms with Crippen molar-refractivity contribution in [2.75, 3.05) is 0 Å². The first-order valence-corrected chi connectivity index (χ1v) is 21.7. The summed E-state index contributed by atoms with van der Waals surface area (Å²) in [5, 5.41) is 18.1. The molecule has 5 heterocycles. The van der Waals surface area contributed by atoms with Crippen molar-refractivity contribution in [3.05, 3.63) is 127 Å². The Bertz CT molecular complexity index is 2880. The quantitative estimate of drug-likeness (QED) is 0.145. The molecule has 0 spiro atoms. The molecule has 0 saturated heterocycles. The van der Waals surface area contributed by atoms with Gasteiger partial charge in [0.25, 0.3) is 0 Å². The minimum absolute atomic E-state index is 0. The van der Waals surface area contributed by atoms with E-state index >= 15 is 0 Å². The fourth-order valence-electron chi connectivity index (χ4n) is 6.67. The summed E-state index contributed by atoms with van der Waals surface area (Å²) in [7, 11) is 0. The average Bonchev–Trinajstić information content (AvgIpc) is 4.08. The standard InChI is InChI=1S/C24H27N5O3.C13H15ClN2.C12H14N2O3.ClH/c1-16(2)29-20(10-12-27-29)22-17(7-6-11-25-22)14-31-18-8-9-19-21(13-18)28(15-26-19)23(30)32-24(3,4)5;1-10(2)16-13(7-8-15-16)12-6-4-3-5-11(12)9-14;1-12(2,3)17-11(16)14-7-13-9-5-4-8(15)6-10(9)14;/h6-13,15-16H,14H2,1-5H3;3-8,10H,9H2,1-2H3;4-7,15H,1-3H3;1H/p-1. The second-order valence-electron chi connectivity index (χ2n) is 17.6. The highest BCUT2D eigenvalue weighted by Gasteiger charge is 2.22. The number of benzene rings is 3. The molecular weight excluding hydrogens is 882 g/mol. The van der Waals surface area contributed by atoms with E-state index in [-0.39, 0.29) is 24.2 Å². The van der Waals surface area contributed by atoms with E-state index in [2.05, 4.69) is 65.0 Å². The molecule has 15 nitrogen and oxygen atoms in total. The summed E-state index contributed by atoms with van der Waals surface area (Å²) in [4.78, 5) is 37.3. The maximum Gasteiger partial charge on any atom is 0.420 e. The number of aromatic hydroxyl groups is 1. The van der Waals surface area contributed by atoms with Crippen molar-refractivity contribution < 1.29 is 41.3 Å². The number of imidazole rings is 2. The molecule has 8 aromatic rings. The molecular formula is C49H56Cl2N9O6-. The van der Waals surface area contributed by atoms with Gasteiger partial charge in [0.1, 0.15) is 42.0 Å². The highest BCUT2D eigenvalue weighted by atomic mass is 35.5. The number of hydrogen-bond acceptors (Lipinski definition) is 11. The SMILES string of the molecule is CC(C)(C)OC(=O)n1cnc2ccc(O)cc21.CC(C)n1nccc1-c1ccccc1CCl.CC(C)n1nccc1-c1ncccc1COc1ccc2ncn(C(=O)OC(C)(C)C)c2c1.[Cl-]. The van der Waals surface area contributed by atoms with Crippen LogP contribution in [-0.4, -0.2) is 72.1 Å². The molecule has 348 valence electrons. The smallest absolute Gasteiger partial charge is 0.420 e. The average molecular weight is 938 g/mol. The molecule has 0 aliphatic rings. The van der Waals surface area contributed by atoms with Gasteiger partial charge in [-0.3, -0.25) is 14.3 Å². The van der Waals surface area contributed by atoms with Crippen LogP contribution in [0, 0.1) is 0 Å². The van der Waals surface area contributed by atoms with Crippen LogP contribution >= 0.6 is 11.6 Å². The Morgan fingerprint density at radius 3 is 1.76 bits per heavy atom. The Balaban J connectivity index is 0.000000203. The number of carbonyl (C=O) groups is 2. The van der Waals surface area contributed by atoms with Gasteiger partial charge >= 0.3 is 12.2 Å². The minimum Gasteiger partial charge on any atom is -1.00 e. The number of pyridine rings is 1. The van der Waals surface area contributed by atoms with Crippen LogP contribution in [0.4, 0.5) is 9.59 Å². The first kappa shape index (κ1) is 50.3. The van der Waals surface area contributed by atoms with Crippen LogP contribution in [0.25, 0.3) is 44.7 Å². The first-order chi connectivity index (χ1) is 30.8. The van der Waals surface area contributed by atoms with E-state index in [1.165, 1.54) is 39.5 Å². The Labute approximate surface area is 395 Å². The third kappa shape index (κ3) is 12.5. The number of rotatable bonds is 8. The van der Waals surface area contributed by atoms with Gasteiger partial charge in [0.05, 0.1) is 39.1 Å². The van der Waals surface area contributed by atoms with Crippen LogP contribution in [-0.2, 0) is 22.0 Å². The lowest BCUT2D eigenvalue weighted by atomic mass is 10.1. The van der Waals surface area contributed by atoms with E-state index < -0.39 is 23.4 Å². The molecule has 5 aromatic heterocycles. The van der Waals surface area contributed by atoms with Gasteiger partial charge in [-0.05, 0) is 117 Å². The van der Waals surface area contributed by atoms with Crippen LogP contribution in [0.15, 0.2) is 116 Å². The molecule has 0 radical (unpaired) electrons. The maximum atomic E-state index is 12.5. The lowest BCUT2D eigenvalue weighted by Gasteiger charge is -2.19. The Morgan fingerprint density at radius 1 is 0.652 bits per heavy atom. The van der Waals surface area contributed by atoms with Gasteiger partial charge in [0.2, 0.25) is 0 Å². The van der Waals surface area contributed by atoms with Crippen molar-refractivity contribution in [2.24, 2.45) is 0 Å². The number of carbonyl (C=O) groups excluding carboxylic acids is 2. The van der Waals surface area contributed by atoms with Crippen LogP contribution in [0.1, 0.15) is 92.4 Å². The molecule has 0 unspecified atom stereocenters. The number of ether oxygens (including phenoxy) is 3. The van der Waals surface area contributed by atoms with Crippen LogP contribution in [0.3, 0.4) is 0 Å². The molecule has 0 atom stereocenters. The number of phenols is 1. The van der Waals surface area contributed by atoms with Crippen molar-refractivity contribution in [1.82, 2.24) is 43.6 Å². The van der Waals surface area contributed by atoms with Gasteiger partial charge in [-0.1, -0.05) is 30.3 Å². The summed E-state index contributed by atoms with van der Waals surface area (Å²) in [6.07, 6.45) is 7.25. The maximum absolute atomic E-state index is 12.5. The highest BCUT2D eigenvalue weighted by Crippen LogP contribution is 2.29.